The van der Waals surface area contributed by atoms with Crippen LogP contribution >= 0.6 is 102 Å². The topological polar surface area (TPSA) is 77.3 Å². The summed E-state index contributed by atoms with van der Waals surface area (Å²) in [5.41, 5.74) is 10.5. The summed E-state index contributed by atoms with van der Waals surface area (Å²) < 4.78 is 2.10. The Bertz CT molecular complexity index is 4600. The summed E-state index contributed by atoms with van der Waals surface area (Å²) in [6.45, 7) is 8.44. The van der Waals surface area contributed by atoms with E-state index in [1.165, 1.54) is 74.2 Å². The summed E-state index contributed by atoms with van der Waals surface area (Å²) in [7, 11) is 0. The first-order valence-corrected chi connectivity index (χ1v) is 35.4. The summed E-state index contributed by atoms with van der Waals surface area (Å²) in [4.78, 5) is 37.1. The first-order chi connectivity index (χ1) is 43.9. The van der Waals surface area contributed by atoms with E-state index in [9.17, 15) is 0 Å². The molecule has 0 fully saturated rings. The molecule has 0 saturated carbocycles. The monoisotopic (exact) mass is 1400 g/mol. The minimum atomic E-state index is 0.904. The van der Waals surface area contributed by atoms with E-state index in [1.54, 1.807) is 70.6 Å². The fraction of sp³-hybridized carbons (Fsp3) is 0.0526. The molecule has 0 spiro atoms. The van der Waals surface area contributed by atoms with Gasteiger partial charge in [-0.15, -0.1) is 0 Å². The van der Waals surface area contributed by atoms with E-state index in [0.29, 0.717) is 0 Å². The van der Waals surface area contributed by atoms with Crippen LogP contribution in [0.25, 0.3) is 65.4 Å². The second kappa shape index (κ2) is 28.3. The van der Waals surface area contributed by atoms with Gasteiger partial charge in [0.1, 0.15) is 30.2 Å². The minimum absolute atomic E-state index is 0.904. The number of nitrogens with zero attached hydrogens (tertiary/aromatic N) is 6. The summed E-state index contributed by atoms with van der Waals surface area (Å²) in [6.07, 6.45) is 0. The second-order valence-electron chi connectivity index (χ2n) is 21.4. The van der Waals surface area contributed by atoms with Crippen LogP contribution in [0.1, 0.15) is 22.3 Å². The molecule has 0 atom stereocenters. The predicted molar refractivity (Wildman–Crippen MR) is 389 cm³/mol. The van der Waals surface area contributed by atoms with Crippen molar-refractivity contribution < 1.29 is 0 Å². The highest BCUT2D eigenvalue weighted by molar-refractivity contribution is 9.10. The highest BCUT2D eigenvalue weighted by Crippen LogP contribution is 2.42. The summed E-state index contributed by atoms with van der Waals surface area (Å²) in [5.74, 6) is 0. The van der Waals surface area contributed by atoms with Crippen molar-refractivity contribution in [3.63, 3.8) is 0 Å². The molecule has 0 bridgehead atoms. The molecule has 90 heavy (non-hydrogen) atoms. The average molecular weight is 1400 g/mol. The molecule has 0 N–H and O–H groups in total. The lowest BCUT2D eigenvalue weighted by Crippen LogP contribution is -1.93. The van der Waals surface area contributed by atoms with Crippen LogP contribution in [0.2, 0.25) is 0 Å². The van der Waals surface area contributed by atoms with Crippen molar-refractivity contribution in [3.8, 4) is 0 Å². The van der Waals surface area contributed by atoms with Gasteiger partial charge in [-0.25, -0.2) is 29.9 Å². The van der Waals surface area contributed by atoms with Crippen LogP contribution in [0.5, 0.6) is 0 Å². The third kappa shape index (κ3) is 15.4. The van der Waals surface area contributed by atoms with Gasteiger partial charge in [0.15, 0.2) is 0 Å². The molecule has 15 rings (SSSR count). The van der Waals surface area contributed by atoms with Gasteiger partial charge < -0.3 is 0 Å². The molecule has 0 unspecified atom stereocenters. The van der Waals surface area contributed by atoms with Crippen LogP contribution in [0, 0.1) is 27.7 Å². The van der Waals surface area contributed by atoms with Crippen molar-refractivity contribution in [2.24, 2.45) is 0 Å². The fourth-order valence-electron chi connectivity index (χ4n) is 9.83. The fourth-order valence-corrected chi connectivity index (χ4v) is 16.7. The smallest absolute Gasteiger partial charge is 0.134 e. The van der Waals surface area contributed by atoms with Gasteiger partial charge in [0.2, 0.25) is 0 Å². The highest BCUT2D eigenvalue weighted by atomic mass is 79.9. The Hall–Kier alpha value is -7.50. The molecule has 14 heteroatoms. The molecule has 0 amide bonds. The van der Waals surface area contributed by atoms with Crippen molar-refractivity contribution in [1.29, 1.82) is 0 Å². The highest BCUT2D eigenvalue weighted by Gasteiger charge is 2.18. The van der Waals surface area contributed by atoms with Gasteiger partial charge in [-0.2, -0.15) is 0 Å². The molecule has 6 nitrogen and oxygen atoms in total. The lowest BCUT2D eigenvalue weighted by atomic mass is 10.1. The largest absolute Gasteiger partial charge is 0.237 e. The third-order valence-corrected chi connectivity index (χ3v) is 21.5. The maximum atomic E-state index is 5.05. The molecule has 3 heterocycles. The van der Waals surface area contributed by atoms with Gasteiger partial charge in [0.05, 0.1) is 33.1 Å². The zero-order valence-corrected chi connectivity index (χ0v) is 57.2. The Morgan fingerprint density at radius 3 is 0.689 bits per heavy atom. The Kier molecular flexibility index (Phi) is 19.3. The van der Waals surface area contributed by atoms with Crippen molar-refractivity contribution in [2.75, 3.05) is 0 Å². The Morgan fingerprint density at radius 1 is 0.211 bits per heavy atom. The van der Waals surface area contributed by atoms with Gasteiger partial charge >= 0.3 is 0 Å². The minimum Gasteiger partial charge on any atom is -0.237 e. The predicted octanol–water partition coefficient (Wildman–Crippen LogP) is 24.0. The Morgan fingerprint density at radius 2 is 0.444 bits per heavy atom. The molecule has 0 radical (unpaired) electrons. The maximum absolute atomic E-state index is 5.05. The molecule has 0 aliphatic heterocycles. The normalized spacial score (nSPS) is 11.3. The van der Waals surface area contributed by atoms with E-state index >= 15 is 0 Å². The van der Waals surface area contributed by atoms with Crippen LogP contribution in [0.4, 0.5) is 0 Å². The van der Waals surface area contributed by atoms with E-state index in [1.807, 2.05) is 24.3 Å². The number of aromatic nitrogens is 6. The molecule has 0 aliphatic carbocycles. The van der Waals surface area contributed by atoms with E-state index in [-0.39, 0.29) is 0 Å². The molecular formula is C76H54Br2N6S6. The van der Waals surface area contributed by atoms with Gasteiger partial charge in [-0.1, -0.05) is 258 Å². The lowest BCUT2D eigenvalue weighted by molar-refractivity contribution is 0.969. The van der Waals surface area contributed by atoms with Gasteiger partial charge in [-0.3, -0.25) is 0 Å². The van der Waals surface area contributed by atoms with Crippen LogP contribution in [0.3, 0.4) is 0 Å². The standard InChI is InChI=1S/2C26H20N2S2.C24H14Br2N2S2/c1-17-7-5-11-21(13-17)29-25-26(30-22-12-6-8-18(2)14-22)28-24-16-20-10-4-3-9-19(20)15-23(24)27-25;1-17-7-11-21(12-8-17)29-25-26(30-22-13-9-18(2)10-14-22)28-24-16-20-6-4-3-5-19(20)15-23(24)27-25;25-17-7-3-9-19(13-17)29-23-24(30-20-10-4-8-18(26)14-20)28-22-12-16-6-2-1-5-15(16)11-21(22)27-23/h2*3-16H,1-2H3;1-14H. The van der Waals surface area contributed by atoms with Crippen molar-refractivity contribution in [1.82, 2.24) is 29.9 Å². The van der Waals surface area contributed by atoms with Crippen LogP contribution < -0.4 is 0 Å². The molecule has 12 aromatic carbocycles. The van der Waals surface area contributed by atoms with E-state index in [2.05, 4.69) is 290 Å². The third-order valence-electron chi connectivity index (χ3n) is 14.3. The number of halogens is 2. The lowest BCUT2D eigenvalue weighted by Gasteiger charge is -2.11. The summed E-state index contributed by atoms with van der Waals surface area (Å²) >= 11 is 17.1. The second-order valence-corrected chi connectivity index (χ2v) is 29.6. The zero-order chi connectivity index (χ0) is 61.5. The number of benzene rings is 12. The SMILES string of the molecule is Brc1cccc(Sc2nc3cc4ccccc4cc3nc2Sc2cccc(Br)c2)c1.Cc1ccc(Sc2nc3cc4ccccc4cc3nc2Sc2ccc(C)cc2)cc1.Cc1cccc(Sc2nc3cc4ccccc4cc3nc2Sc2cccc(C)c2)c1. The van der Waals surface area contributed by atoms with E-state index < -0.39 is 0 Å². The van der Waals surface area contributed by atoms with Gasteiger partial charge in [0.25, 0.3) is 0 Å². The summed E-state index contributed by atoms with van der Waals surface area (Å²) in [6, 6.07) is 88.6. The van der Waals surface area contributed by atoms with Crippen molar-refractivity contribution in [2.45, 2.75) is 87.2 Å². The Labute approximate surface area is 565 Å². The number of fused-ring (bicyclic) bond motifs is 6. The van der Waals surface area contributed by atoms with Crippen LogP contribution in [0.15, 0.2) is 323 Å². The van der Waals surface area contributed by atoms with Crippen LogP contribution in [-0.2, 0) is 0 Å². The quantitative estimate of drug-likeness (QED) is 0.109. The molecular weight excluding hydrogens is 1350 g/mol. The molecule has 3 aromatic heterocycles. The molecule has 438 valence electrons. The number of hydrogen-bond donors (Lipinski definition) is 0. The van der Waals surface area contributed by atoms with E-state index in [4.69, 9.17) is 29.9 Å². The number of rotatable bonds is 12. The molecule has 15 aromatic rings. The average Bonchev–Trinajstić information content (AvgIpc) is 0.864. The summed E-state index contributed by atoms with van der Waals surface area (Å²) in [5, 5.41) is 12.6. The van der Waals surface area contributed by atoms with Crippen molar-refractivity contribution in [3.05, 3.63) is 286 Å². The van der Waals surface area contributed by atoms with E-state index in [0.717, 1.165) is 82.0 Å². The first-order valence-electron chi connectivity index (χ1n) is 28.9. The first kappa shape index (κ1) is 61.4. The molecule has 0 aliphatic rings. The maximum Gasteiger partial charge on any atom is 0.134 e. The van der Waals surface area contributed by atoms with Gasteiger partial charge in [0, 0.05) is 38.3 Å². The van der Waals surface area contributed by atoms with Crippen molar-refractivity contribution >= 4 is 168 Å². The number of aryl methyl sites for hydroxylation is 4. The number of hydrogen-bond acceptors (Lipinski definition) is 12. The van der Waals surface area contributed by atoms with Gasteiger partial charge in [-0.05, 0) is 181 Å². The molecule has 0 saturated heterocycles. The Balaban J connectivity index is 0.000000124. The van der Waals surface area contributed by atoms with Crippen LogP contribution in [-0.4, -0.2) is 29.9 Å². The zero-order valence-electron chi connectivity index (χ0n) is 49.1.